The monoisotopic (exact) mass is 345 g/mol. The quantitative estimate of drug-likeness (QED) is 0.768. The summed E-state index contributed by atoms with van der Waals surface area (Å²) in [4.78, 5) is 20.3. The lowest BCUT2D eigenvalue weighted by Crippen LogP contribution is -2.14. The molecular formula is C17H10ClF2N3O. The smallest absolute Gasteiger partial charge is 0.258 e. The number of amides is 1. The van der Waals surface area contributed by atoms with E-state index in [9.17, 15) is 13.6 Å². The van der Waals surface area contributed by atoms with Crippen LogP contribution < -0.4 is 5.32 Å². The molecule has 0 aliphatic carbocycles. The summed E-state index contributed by atoms with van der Waals surface area (Å²) < 4.78 is 26.5. The highest BCUT2D eigenvalue weighted by molar-refractivity contribution is 6.30. The minimum absolute atomic E-state index is 0.268. The molecular weight excluding hydrogens is 336 g/mol. The van der Waals surface area contributed by atoms with Crippen molar-refractivity contribution in [1.29, 1.82) is 0 Å². The van der Waals surface area contributed by atoms with Gasteiger partial charge in [-0.25, -0.2) is 18.7 Å². The number of nitrogens with one attached hydrogen (secondary N) is 1. The average Bonchev–Trinajstić information content (AvgIpc) is 2.55. The minimum atomic E-state index is -0.941. The average molecular weight is 346 g/mol. The number of nitrogens with zero attached hydrogens (tertiary/aromatic N) is 2. The molecule has 0 aliphatic heterocycles. The number of halogens is 3. The van der Waals surface area contributed by atoms with Gasteiger partial charge in [-0.15, -0.1) is 0 Å². The predicted molar refractivity (Wildman–Crippen MR) is 86.8 cm³/mol. The molecule has 2 aromatic carbocycles. The Bertz CT molecular complexity index is 901. The highest BCUT2D eigenvalue weighted by atomic mass is 35.5. The Hall–Kier alpha value is -2.86. The molecule has 0 aliphatic rings. The van der Waals surface area contributed by atoms with Crippen LogP contribution in [0.25, 0.3) is 11.4 Å². The number of hydrogen-bond donors (Lipinski definition) is 1. The Morgan fingerprint density at radius 1 is 1.04 bits per heavy atom. The first-order chi connectivity index (χ1) is 11.5. The van der Waals surface area contributed by atoms with Crippen LogP contribution in [-0.4, -0.2) is 15.9 Å². The number of carbonyl (C=O) groups is 1. The maximum atomic E-state index is 13.6. The van der Waals surface area contributed by atoms with Crippen molar-refractivity contribution in [3.63, 3.8) is 0 Å². The third-order valence-corrected chi connectivity index (χ3v) is 3.40. The lowest BCUT2D eigenvalue weighted by atomic mass is 10.2. The molecule has 120 valence electrons. The molecule has 3 rings (SSSR count). The van der Waals surface area contributed by atoms with E-state index in [4.69, 9.17) is 11.6 Å². The summed E-state index contributed by atoms with van der Waals surface area (Å²) in [5.74, 6) is -1.97. The second-order valence-electron chi connectivity index (χ2n) is 4.88. The zero-order valence-electron chi connectivity index (χ0n) is 12.1. The lowest BCUT2D eigenvalue weighted by Gasteiger charge is -2.06. The molecule has 0 bridgehead atoms. The van der Waals surface area contributed by atoms with Crippen molar-refractivity contribution in [3.8, 4) is 11.4 Å². The molecule has 1 N–H and O–H groups in total. The van der Waals surface area contributed by atoms with Crippen molar-refractivity contribution < 1.29 is 13.6 Å². The third kappa shape index (κ3) is 3.55. The normalized spacial score (nSPS) is 10.5. The number of aromatic nitrogens is 2. The van der Waals surface area contributed by atoms with Crippen molar-refractivity contribution in [2.24, 2.45) is 0 Å². The highest BCUT2D eigenvalue weighted by Crippen LogP contribution is 2.20. The van der Waals surface area contributed by atoms with E-state index in [1.165, 1.54) is 12.4 Å². The molecule has 7 heteroatoms. The summed E-state index contributed by atoms with van der Waals surface area (Å²) in [6.45, 7) is 0. The van der Waals surface area contributed by atoms with Crippen molar-refractivity contribution in [1.82, 2.24) is 9.97 Å². The molecule has 1 aromatic heterocycles. The van der Waals surface area contributed by atoms with E-state index in [1.807, 2.05) is 0 Å². The SMILES string of the molecule is O=C(Nc1cnc(-c2cccc(Cl)c2)nc1)c1ccc(F)cc1F. The summed E-state index contributed by atoms with van der Waals surface area (Å²) in [6, 6.07) is 9.74. The van der Waals surface area contributed by atoms with Gasteiger partial charge in [0.25, 0.3) is 5.91 Å². The lowest BCUT2D eigenvalue weighted by molar-refractivity contribution is 0.102. The first-order valence-corrected chi connectivity index (χ1v) is 7.25. The summed E-state index contributed by atoms with van der Waals surface area (Å²) in [5.41, 5.74) is 0.745. The molecule has 0 spiro atoms. The number of benzene rings is 2. The number of hydrogen-bond acceptors (Lipinski definition) is 3. The van der Waals surface area contributed by atoms with Gasteiger partial charge in [-0.2, -0.15) is 0 Å². The fourth-order valence-corrected chi connectivity index (χ4v) is 2.23. The predicted octanol–water partition coefficient (Wildman–Crippen LogP) is 4.33. The van der Waals surface area contributed by atoms with Crippen molar-refractivity contribution in [2.45, 2.75) is 0 Å². The molecule has 0 atom stereocenters. The first-order valence-electron chi connectivity index (χ1n) is 6.87. The molecule has 1 heterocycles. The summed E-state index contributed by atoms with van der Waals surface area (Å²) in [6.07, 6.45) is 2.78. The van der Waals surface area contributed by atoms with E-state index in [2.05, 4.69) is 15.3 Å². The zero-order chi connectivity index (χ0) is 17.1. The van der Waals surface area contributed by atoms with E-state index < -0.39 is 17.5 Å². The second-order valence-corrected chi connectivity index (χ2v) is 5.32. The van der Waals surface area contributed by atoms with Crippen LogP contribution in [0, 0.1) is 11.6 Å². The van der Waals surface area contributed by atoms with Gasteiger partial charge in [0, 0.05) is 16.7 Å². The molecule has 0 unspecified atom stereocenters. The molecule has 4 nitrogen and oxygen atoms in total. The van der Waals surface area contributed by atoms with E-state index >= 15 is 0 Å². The van der Waals surface area contributed by atoms with Gasteiger partial charge in [-0.1, -0.05) is 23.7 Å². The minimum Gasteiger partial charge on any atom is -0.319 e. The number of anilines is 1. The van der Waals surface area contributed by atoms with Crippen molar-refractivity contribution in [2.75, 3.05) is 5.32 Å². The molecule has 0 saturated carbocycles. The van der Waals surface area contributed by atoms with Gasteiger partial charge in [0.05, 0.1) is 23.6 Å². The van der Waals surface area contributed by atoms with Gasteiger partial charge >= 0.3 is 0 Å². The zero-order valence-corrected chi connectivity index (χ0v) is 12.9. The van der Waals surface area contributed by atoms with Crippen LogP contribution in [0.3, 0.4) is 0 Å². The Kier molecular flexibility index (Phi) is 4.48. The largest absolute Gasteiger partial charge is 0.319 e. The Morgan fingerprint density at radius 2 is 1.79 bits per heavy atom. The maximum absolute atomic E-state index is 13.6. The Labute approximate surface area is 141 Å². The van der Waals surface area contributed by atoms with Crippen LogP contribution in [0.5, 0.6) is 0 Å². The summed E-state index contributed by atoms with van der Waals surface area (Å²) in [7, 11) is 0. The molecule has 3 aromatic rings. The fourth-order valence-electron chi connectivity index (χ4n) is 2.04. The number of carbonyl (C=O) groups excluding carboxylic acids is 1. The van der Waals surface area contributed by atoms with Crippen LogP contribution in [0.1, 0.15) is 10.4 Å². The van der Waals surface area contributed by atoms with Crippen LogP contribution in [0.15, 0.2) is 54.9 Å². The van der Waals surface area contributed by atoms with Crippen LogP contribution >= 0.6 is 11.6 Å². The van der Waals surface area contributed by atoms with Crippen molar-refractivity contribution in [3.05, 3.63) is 77.1 Å². The molecule has 0 radical (unpaired) electrons. The summed E-state index contributed by atoms with van der Waals surface area (Å²) in [5, 5.41) is 3.01. The Balaban J connectivity index is 1.78. The molecule has 24 heavy (non-hydrogen) atoms. The van der Waals surface area contributed by atoms with Gasteiger partial charge in [0.15, 0.2) is 5.82 Å². The second kappa shape index (κ2) is 6.72. The van der Waals surface area contributed by atoms with Crippen LogP contribution in [-0.2, 0) is 0 Å². The van der Waals surface area contributed by atoms with Crippen LogP contribution in [0.4, 0.5) is 14.5 Å². The third-order valence-electron chi connectivity index (χ3n) is 3.17. The summed E-state index contributed by atoms with van der Waals surface area (Å²) >= 11 is 5.91. The van der Waals surface area contributed by atoms with Gasteiger partial charge in [-0.05, 0) is 24.3 Å². The van der Waals surface area contributed by atoms with E-state index in [0.29, 0.717) is 16.9 Å². The fraction of sp³-hybridized carbons (Fsp3) is 0. The standard InChI is InChI=1S/C17H10ClF2N3O/c18-11-3-1-2-10(6-11)16-21-8-13(9-22-16)23-17(24)14-5-4-12(19)7-15(14)20/h1-9H,(H,23,24). The van der Waals surface area contributed by atoms with Crippen molar-refractivity contribution >= 4 is 23.2 Å². The van der Waals surface area contributed by atoms with Gasteiger partial charge < -0.3 is 5.32 Å². The molecule has 0 saturated heterocycles. The van der Waals surface area contributed by atoms with E-state index in [1.54, 1.807) is 24.3 Å². The molecule has 0 fully saturated rings. The topological polar surface area (TPSA) is 54.9 Å². The van der Waals surface area contributed by atoms with Gasteiger partial charge in [0.1, 0.15) is 11.6 Å². The van der Waals surface area contributed by atoms with E-state index in [-0.39, 0.29) is 11.3 Å². The maximum Gasteiger partial charge on any atom is 0.258 e. The Morgan fingerprint density at radius 3 is 2.46 bits per heavy atom. The van der Waals surface area contributed by atoms with E-state index in [0.717, 1.165) is 17.7 Å². The van der Waals surface area contributed by atoms with Gasteiger partial charge in [-0.3, -0.25) is 4.79 Å². The van der Waals surface area contributed by atoms with Crippen LogP contribution in [0.2, 0.25) is 5.02 Å². The first kappa shape index (κ1) is 16.0. The highest BCUT2D eigenvalue weighted by Gasteiger charge is 2.13. The molecule has 1 amide bonds. The van der Waals surface area contributed by atoms with Gasteiger partial charge in [0.2, 0.25) is 0 Å². The number of rotatable bonds is 3.